The molecule has 0 aliphatic carbocycles. The minimum absolute atomic E-state index is 0.0623. The summed E-state index contributed by atoms with van der Waals surface area (Å²) in [5.74, 6) is 1.73. The zero-order valence-electron chi connectivity index (χ0n) is 19.6. The number of ether oxygens (including phenoxy) is 2. The van der Waals surface area contributed by atoms with Crippen LogP contribution in [0.4, 0.5) is 0 Å². The number of hydrogen-bond acceptors (Lipinski definition) is 6. The van der Waals surface area contributed by atoms with Crippen LogP contribution in [0.3, 0.4) is 0 Å². The first-order valence-corrected chi connectivity index (χ1v) is 11.9. The van der Waals surface area contributed by atoms with Crippen molar-refractivity contribution >= 4 is 11.8 Å². The van der Waals surface area contributed by atoms with Crippen LogP contribution in [0.1, 0.15) is 28.1 Å². The number of fused-ring (bicyclic) bond motifs is 1. The molecule has 182 valence electrons. The van der Waals surface area contributed by atoms with E-state index in [9.17, 15) is 9.59 Å². The molecule has 2 aromatic carbocycles. The lowest BCUT2D eigenvalue weighted by Gasteiger charge is -2.35. The fraction of sp³-hybridized carbons (Fsp3) is 0.333. The molecular weight excluding hydrogens is 446 g/mol. The van der Waals surface area contributed by atoms with E-state index in [4.69, 9.17) is 13.9 Å². The molecule has 2 aliphatic rings. The molecule has 8 nitrogen and oxygen atoms in total. The normalized spacial score (nSPS) is 15.3. The maximum atomic E-state index is 13.3. The van der Waals surface area contributed by atoms with E-state index in [2.05, 4.69) is 29.2 Å². The number of hydrogen-bond donors (Lipinski definition) is 0. The molecule has 1 fully saturated rings. The van der Waals surface area contributed by atoms with Crippen LogP contribution < -0.4 is 9.47 Å². The van der Waals surface area contributed by atoms with E-state index in [0.717, 1.165) is 19.6 Å². The summed E-state index contributed by atoms with van der Waals surface area (Å²) < 4.78 is 16.2. The lowest BCUT2D eigenvalue weighted by Crippen LogP contribution is -2.49. The van der Waals surface area contributed by atoms with Crippen molar-refractivity contribution in [1.82, 2.24) is 14.7 Å². The number of piperazine rings is 1. The first-order chi connectivity index (χ1) is 17.2. The third-order valence-corrected chi connectivity index (χ3v) is 6.40. The molecule has 2 amide bonds. The van der Waals surface area contributed by atoms with Crippen LogP contribution in [0.2, 0.25) is 0 Å². The average molecular weight is 476 g/mol. The van der Waals surface area contributed by atoms with Gasteiger partial charge >= 0.3 is 0 Å². The Bertz CT molecular complexity index is 1140. The van der Waals surface area contributed by atoms with Gasteiger partial charge in [-0.25, -0.2) is 0 Å². The molecule has 8 heteroatoms. The van der Waals surface area contributed by atoms with Gasteiger partial charge in [-0.15, -0.1) is 0 Å². The molecule has 1 saturated heterocycles. The molecule has 3 heterocycles. The molecule has 35 heavy (non-hydrogen) atoms. The van der Waals surface area contributed by atoms with E-state index in [1.807, 2.05) is 17.0 Å². The maximum Gasteiger partial charge on any atom is 0.254 e. The molecule has 5 rings (SSSR count). The van der Waals surface area contributed by atoms with Crippen molar-refractivity contribution in [3.8, 4) is 11.5 Å². The molecular formula is C27H29N3O5. The summed E-state index contributed by atoms with van der Waals surface area (Å²) in [7, 11) is 0. The highest BCUT2D eigenvalue weighted by Gasteiger charge is 2.25. The van der Waals surface area contributed by atoms with Crippen molar-refractivity contribution in [2.24, 2.45) is 0 Å². The van der Waals surface area contributed by atoms with E-state index < -0.39 is 0 Å². The van der Waals surface area contributed by atoms with E-state index in [1.54, 1.807) is 35.4 Å². The van der Waals surface area contributed by atoms with Crippen LogP contribution >= 0.6 is 0 Å². The standard InChI is InChI=1S/C27H29N3O5/c31-26(29-14-12-28(13-15-29)18-21-5-2-1-3-6-21)10-11-30(19-23-7-4-16-33-23)27(32)22-8-9-24-25(17-22)35-20-34-24/h1-9,16-17H,10-15,18-20H2. The van der Waals surface area contributed by atoms with Gasteiger partial charge in [0.05, 0.1) is 12.8 Å². The van der Waals surface area contributed by atoms with Crippen molar-refractivity contribution in [1.29, 1.82) is 0 Å². The number of rotatable bonds is 8. The summed E-state index contributed by atoms with van der Waals surface area (Å²) in [6.45, 7) is 4.70. The van der Waals surface area contributed by atoms with Gasteiger partial charge in [-0.1, -0.05) is 30.3 Å². The molecule has 3 aromatic rings. The summed E-state index contributed by atoms with van der Waals surface area (Å²) >= 11 is 0. The third kappa shape index (κ3) is 5.66. The number of nitrogens with zero attached hydrogens (tertiary/aromatic N) is 3. The van der Waals surface area contributed by atoms with E-state index in [1.165, 1.54) is 5.56 Å². The van der Waals surface area contributed by atoms with Crippen LogP contribution in [-0.2, 0) is 17.9 Å². The second-order valence-electron chi connectivity index (χ2n) is 8.77. The highest BCUT2D eigenvalue weighted by Crippen LogP contribution is 2.33. The summed E-state index contributed by atoms with van der Waals surface area (Å²) in [5.41, 5.74) is 1.77. The van der Waals surface area contributed by atoms with E-state index in [-0.39, 0.29) is 25.0 Å². The quantitative estimate of drug-likeness (QED) is 0.497. The molecule has 2 aliphatic heterocycles. The van der Waals surface area contributed by atoms with Crippen LogP contribution in [0.15, 0.2) is 71.3 Å². The Morgan fingerprint density at radius 2 is 1.69 bits per heavy atom. The number of benzene rings is 2. The van der Waals surface area contributed by atoms with Crippen LogP contribution in [0.25, 0.3) is 0 Å². The largest absolute Gasteiger partial charge is 0.467 e. The first kappa shape index (κ1) is 23.0. The van der Waals surface area contributed by atoms with Gasteiger partial charge in [0, 0.05) is 51.3 Å². The Morgan fingerprint density at radius 1 is 0.886 bits per heavy atom. The van der Waals surface area contributed by atoms with Crippen molar-refractivity contribution < 1.29 is 23.5 Å². The van der Waals surface area contributed by atoms with Crippen LogP contribution in [-0.4, -0.2) is 66.0 Å². The lowest BCUT2D eigenvalue weighted by atomic mass is 10.1. The second kappa shape index (κ2) is 10.7. The summed E-state index contributed by atoms with van der Waals surface area (Å²) in [6.07, 6.45) is 1.84. The monoisotopic (exact) mass is 475 g/mol. The average Bonchev–Trinajstić information content (AvgIpc) is 3.58. The Hall–Kier alpha value is -3.78. The maximum absolute atomic E-state index is 13.3. The predicted molar refractivity (Wildman–Crippen MR) is 129 cm³/mol. The molecule has 1 aromatic heterocycles. The molecule has 0 N–H and O–H groups in total. The van der Waals surface area contributed by atoms with Gasteiger partial charge in [0.15, 0.2) is 11.5 Å². The van der Waals surface area contributed by atoms with Crippen molar-refractivity contribution in [3.05, 3.63) is 83.8 Å². The summed E-state index contributed by atoms with van der Waals surface area (Å²) in [5, 5.41) is 0. The SMILES string of the molecule is O=C(CCN(Cc1ccco1)C(=O)c1ccc2c(c1)OCO2)N1CCN(Cc2ccccc2)CC1. The van der Waals surface area contributed by atoms with Crippen LogP contribution in [0, 0.1) is 0 Å². The first-order valence-electron chi connectivity index (χ1n) is 11.9. The van der Waals surface area contributed by atoms with Gasteiger partial charge < -0.3 is 23.7 Å². The van der Waals surface area contributed by atoms with E-state index >= 15 is 0 Å². The lowest BCUT2D eigenvalue weighted by molar-refractivity contribution is -0.133. The fourth-order valence-electron chi connectivity index (χ4n) is 4.44. The summed E-state index contributed by atoms with van der Waals surface area (Å²) in [4.78, 5) is 32.2. The molecule has 0 atom stereocenters. The Morgan fingerprint density at radius 3 is 2.46 bits per heavy atom. The Labute approximate surface area is 204 Å². The van der Waals surface area contributed by atoms with Gasteiger partial charge in [0.2, 0.25) is 12.7 Å². The zero-order chi connectivity index (χ0) is 24.0. The molecule has 0 spiro atoms. The minimum atomic E-state index is -0.180. The highest BCUT2D eigenvalue weighted by atomic mass is 16.7. The van der Waals surface area contributed by atoms with Crippen LogP contribution in [0.5, 0.6) is 11.5 Å². The summed E-state index contributed by atoms with van der Waals surface area (Å²) in [6, 6.07) is 19.1. The molecule has 0 unspecified atom stereocenters. The number of furan rings is 1. The Kier molecular flexibility index (Phi) is 6.99. The van der Waals surface area contributed by atoms with Gasteiger partial charge in [-0.2, -0.15) is 0 Å². The predicted octanol–water partition coefficient (Wildman–Crippen LogP) is 3.39. The zero-order valence-corrected chi connectivity index (χ0v) is 19.6. The van der Waals surface area contributed by atoms with Crippen molar-refractivity contribution in [2.75, 3.05) is 39.5 Å². The highest BCUT2D eigenvalue weighted by molar-refractivity contribution is 5.95. The molecule has 0 saturated carbocycles. The number of carbonyl (C=O) groups excluding carboxylic acids is 2. The third-order valence-electron chi connectivity index (χ3n) is 6.40. The Balaban J connectivity index is 1.18. The van der Waals surface area contributed by atoms with Crippen molar-refractivity contribution in [2.45, 2.75) is 19.5 Å². The van der Waals surface area contributed by atoms with Gasteiger partial charge in [0.25, 0.3) is 5.91 Å². The van der Waals surface area contributed by atoms with Gasteiger partial charge in [0.1, 0.15) is 5.76 Å². The smallest absolute Gasteiger partial charge is 0.254 e. The minimum Gasteiger partial charge on any atom is -0.467 e. The molecule has 0 bridgehead atoms. The molecule has 0 radical (unpaired) electrons. The topological polar surface area (TPSA) is 75.5 Å². The van der Waals surface area contributed by atoms with Gasteiger partial charge in [-0.3, -0.25) is 14.5 Å². The van der Waals surface area contributed by atoms with E-state index in [0.29, 0.717) is 49.0 Å². The number of carbonyl (C=O) groups is 2. The van der Waals surface area contributed by atoms with Gasteiger partial charge in [-0.05, 0) is 35.9 Å². The number of amides is 2. The van der Waals surface area contributed by atoms with Crippen molar-refractivity contribution in [3.63, 3.8) is 0 Å². The second-order valence-corrected chi connectivity index (χ2v) is 8.77. The fourth-order valence-corrected chi connectivity index (χ4v) is 4.44.